The van der Waals surface area contributed by atoms with E-state index >= 15 is 0 Å². The summed E-state index contributed by atoms with van der Waals surface area (Å²) >= 11 is 0. The summed E-state index contributed by atoms with van der Waals surface area (Å²) in [6.45, 7) is 0. The Balaban J connectivity index is 1.48. The molecule has 1 heterocycles. The number of rotatable bonds is 3. The highest BCUT2D eigenvalue weighted by atomic mass is 15.5. The van der Waals surface area contributed by atoms with Crippen molar-refractivity contribution in [3.05, 3.63) is 126 Å². The first-order valence-corrected chi connectivity index (χ1v) is 10.8. The molecule has 0 saturated carbocycles. The maximum absolute atomic E-state index is 5.17. The minimum absolute atomic E-state index is 0.168. The van der Waals surface area contributed by atoms with Gasteiger partial charge in [0, 0.05) is 12.0 Å². The summed E-state index contributed by atoms with van der Waals surface area (Å²) in [7, 11) is 0. The molecule has 0 amide bonds. The van der Waals surface area contributed by atoms with Crippen LogP contribution in [0.4, 0.5) is 5.69 Å². The molecule has 6 rings (SSSR count). The predicted molar refractivity (Wildman–Crippen MR) is 131 cm³/mol. The van der Waals surface area contributed by atoms with Gasteiger partial charge in [-0.25, -0.2) is 0 Å². The van der Waals surface area contributed by atoms with Crippen molar-refractivity contribution in [2.75, 3.05) is 5.01 Å². The number of anilines is 1. The highest BCUT2D eigenvalue weighted by Gasteiger charge is 2.30. The van der Waals surface area contributed by atoms with Crippen molar-refractivity contribution < 1.29 is 0 Å². The first kappa shape index (κ1) is 17.9. The zero-order valence-corrected chi connectivity index (χ0v) is 17.1. The van der Waals surface area contributed by atoms with Crippen LogP contribution in [0.2, 0.25) is 0 Å². The van der Waals surface area contributed by atoms with Crippen LogP contribution < -0.4 is 5.01 Å². The van der Waals surface area contributed by atoms with Crippen LogP contribution in [0.1, 0.15) is 23.6 Å². The SMILES string of the molecule is c1ccc(N2N=C(c3cccc4ccccc34)CC2c2ccc3ccccc3c2)cc1. The Bertz CT molecular complexity index is 1410. The summed E-state index contributed by atoms with van der Waals surface area (Å²) in [5.41, 5.74) is 4.78. The third-order valence-electron chi connectivity index (χ3n) is 6.19. The summed E-state index contributed by atoms with van der Waals surface area (Å²) in [5, 5.41) is 12.4. The topological polar surface area (TPSA) is 15.6 Å². The van der Waals surface area contributed by atoms with Crippen molar-refractivity contribution in [2.45, 2.75) is 12.5 Å². The van der Waals surface area contributed by atoms with Gasteiger partial charge < -0.3 is 0 Å². The molecule has 0 aromatic heterocycles. The molecular weight excluding hydrogens is 376 g/mol. The molecule has 5 aromatic carbocycles. The van der Waals surface area contributed by atoms with Gasteiger partial charge in [-0.15, -0.1) is 0 Å². The quantitative estimate of drug-likeness (QED) is 0.310. The Morgan fingerprint density at radius 2 is 1.32 bits per heavy atom. The van der Waals surface area contributed by atoms with Gasteiger partial charge in [-0.1, -0.05) is 97.1 Å². The van der Waals surface area contributed by atoms with Crippen molar-refractivity contribution >= 4 is 32.9 Å². The minimum atomic E-state index is 0.168. The van der Waals surface area contributed by atoms with Gasteiger partial charge in [0.15, 0.2) is 0 Å². The molecule has 148 valence electrons. The lowest BCUT2D eigenvalue weighted by molar-refractivity contribution is 0.710. The Morgan fingerprint density at radius 1 is 0.613 bits per heavy atom. The van der Waals surface area contributed by atoms with Gasteiger partial charge in [-0.2, -0.15) is 5.10 Å². The van der Waals surface area contributed by atoms with Crippen LogP contribution in [0.15, 0.2) is 120 Å². The maximum atomic E-state index is 5.17. The van der Waals surface area contributed by atoms with Gasteiger partial charge in [0.2, 0.25) is 0 Å². The van der Waals surface area contributed by atoms with Crippen LogP contribution in [0.3, 0.4) is 0 Å². The molecular formula is C29H22N2. The van der Waals surface area contributed by atoms with Gasteiger partial charge in [-0.3, -0.25) is 5.01 Å². The normalized spacial score (nSPS) is 16.1. The Morgan fingerprint density at radius 3 is 2.19 bits per heavy atom. The third kappa shape index (κ3) is 3.17. The van der Waals surface area contributed by atoms with Crippen LogP contribution >= 0.6 is 0 Å². The lowest BCUT2D eigenvalue weighted by Crippen LogP contribution is -2.18. The zero-order chi connectivity index (χ0) is 20.6. The number of fused-ring (bicyclic) bond motifs is 2. The van der Waals surface area contributed by atoms with Crippen molar-refractivity contribution in [3.8, 4) is 0 Å². The Hall–Kier alpha value is -3.91. The second-order valence-electron chi connectivity index (χ2n) is 8.08. The lowest BCUT2D eigenvalue weighted by atomic mass is 9.94. The fourth-order valence-corrected chi connectivity index (χ4v) is 4.64. The highest BCUT2D eigenvalue weighted by Crippen LogP contribution is 2.38. The first-order chi connectivity index (χ1) is 15.4. The van der Waals surface area contributed by atoms with E-state index in [9.17, 15) is 0 Å². The van der Waals surface area contributed by atoms with Crippen LogP contribution in [0.5, 0.6) is 0 Å². The lowest BCUT2D eigenvalue weighted by Gasteiger charge is -2.24. The minimum Gasteiger partial charge on any atom is -0.257 e. The van der Waals surface area contributed by atoms with Gasteiger partial charge in [0.05, 0.1) is 17.4 Å². The van der Waals surface area contributed by atoms with Crippen LogP contribution in [0.25, 0.3) is 21.5 Å². The van der Waals surface area contributed by atoms with Crippen LogP contribution in [-0.2, 0) is 0 Å². The van der Waals surface area contributed by atoms with Gasteiger partial charge >= 0.3 is 0 Å². The molecule has 1 atom stereocenters. The van der Waals surface area contributed by atoms with E-state index in [4.69, 9.17) is 5.10 Å². The Labute approximate surface area is 182 Å². The highest BCUT2D eigenvalue weighted by molar-refractivity contribution is 6.12. The standard InChI is InChI=1S/C29H22N2/c1-2-13-25(14-3-1)31-29(24-18-17-21-9-4-5-11-23(21)19-24)20-28(30-31)27-16-8-12-22-10-6-7-15-26(22)27/h1-19,29H,20H2. The number of para-hydroxylation sites is 1. The number of hydrazone groups is 1. The molecule has 5 aromatic rings. The summed E-state index contributed by atoms with van der Waals surface area (Å²) < 4.78 is 0. The summed E-state index contributed by atoms with van der Waals surface area (Å²) in [6, 6.07) is 41.1. The molecule has 2 heteroatoms. The molecule has 31 heavy (non-hydrogen) atoms. The largest absolute Gasteiger partial charge is 0.257 e. The van der Waals surface area contributed by atoms with E-state index in [0.29, 0.717) is 0 Å². The smallest absolute Gasteiger partial charge is 0.0832 e. The number of nitrogens with zero attached hydrogens (tertiary/aromatic N) is 2. The molecule has 0 saturated heterocycles. The molecule has 0 fully saturated rings. The van der Waals surface area contributed by atoms with E-state index in [1.807, 2.05) is 0 Å². The number of benzene rings is 5. The van der Waals surface area contributed by atoms with Crippen molar-refractivity contribution in [1.29, 1.82) is 0 Å². The van der Waals surface area contributed by atoms with E-state index in [1.165, 1.54) is 32.7 Å². The Kier molecular flexibility index (Phi) is 4.28. The van der Waals surface area contributed by atoms with E-state index in [1.54, 1.807) is 0 Å². The molecule has 0 aliphatic carbocycles. The number of hydrogen-bond donors (Lipinski definition) is 0. The van der Waals surface area contributed by atoms with Crippen LogP contribution in [0, 0.1) is 0 Å². The fourth-order valence-electron chi connectivity index (χ4n) is 4.64. The second kappa shape index (κ2) is 7.41. The van der Waals surface area contributed by atoms with Crippen LogP contribution in [-0.4, -0.2) is 5.71 Å². The average molecular weight is 399 g/mol. The molecule has 2 nitrogen and oxygen atoms in total. The predicted octanol–water partition coefficient (Wildman–Crippen LogP) is 7.35. The molecule has 1 aliphatic rings. The molecule has 0 radical (unpaired) electrons. The molecule has 1 unspecified atom stereocenters. The van der Waals surface area contributed by atoms with E-state index in [2.05, 4.69) is 120 Å². The molecule has 0 N–H and O–H groups in total. The molecule has 0 bridgehead atoms. The first-order valence-electron chi connectivity index (χ1n) is 10.8. The summed E-state index contributed by atoms with van der Waals surface area (Å²) in [4.78, 5) is 0. The third-order valence-corrected chi connectivity index (χ3v) is 6.19. The second-order valence-corrected chi connectivity index (χ2v) is 8.08. The fraction of sp³-hybridized carbons (Fsp3) is 0.0690. The molecule has 1 aliphatic heterocycles. The molecule has 0 spiro atoms. The average Bonchev–Trinajstić information content (AvgIpc) is 3.29. The van der Waals surface area contributed by atoms with Crippen molar-refractivity contribution in [1.82, 2.24) is 0 Å². The van der Waals surface area contributed by atoms with Gasteiger partial charge in [0.1, 0.15) is 0 Å². The number of hydrogen-bond acceptors (Lipinski definition) is 2. The monoisotopic (exact) mass is 398 g/mol. The summed E-state index contributed by atoms with van der Waals surface area (Å²) in [5.74, 6) is 0. The van der Waals surface area contributed by atoms with E-state index in [-0.39, 0.29) is 6.04 Å². The zero-order valence-electron chi connectivity index (χ0n) is 17.1. The van der Waals surface area contributed by atoms with E-state index < -0.39 is 0 Å². The summed E-state index contributed by atoms with van der Waals surface area (Å²) in [6.07, 6.45) is 0.876. The van der Waals surface area contributed by atoms with Gasteiger partial charge in [0.25, 0.3) is 0 Å². The maximum Gasteiger partial charge on any atom is 0.0832 e. The van der Waals surface area contributed by atoms with Crippen molar-refractivity contribution in [2.24, 2.45) is 5.10 Å². The van der Waals surface area contributed by atoms with Crippen molar-refractivity contribution in [3.63, 3.8) is 0 Å². The van der Waals surface area contributed by atoms with E-state index in [0.717, 1.165) is 17.8 Å². The van der Waals surface area contributed by atoms with Gasteiger partial charge in [-0.05, 0) is 45.3 Å².